The monoisotopic (exact) mass is 266 g/mol. The average Bonchev–Trinajstić information content (AvgIpc) is 2.66. The lowest BCUT2D eigenvalue weighted by Crippen LogP contribution is -2.42. The molecule has 1 aromatic rings. The Morgan fingerprint density at radius 1 is 1.28 bits per heavy atom. The summed E-state index contributed by atoms with van der Waals surface area (Å²) in [6.07, 6.45) is 6.39. The van der Waals surface area contributed by atoms with Gasteiger partial charge in [0.1, 0.15) is 5.01 Å². The average molecular weight is 266 g/mol. The van der Waals surface area contributed by atoms with Gasteiger partial charge in [-0.15, -0.1) is 11.3 Å². The van der Waals surface area contributed by atoms with Crippen LogP contribution in [-0.2, 0) is 5.54 Å². The molecule has 1 unspecified atom stereocenters. The van der Waals surface area contributed by atoms with E-state index >= 15 is 0 Å². The van der Waals surface area contributed by atoms with Gasteiger partial charge in [-0.2, -0.15) is 0 Å². The smallest absolute Gasteiger partial charge is 0.113 e. The Balaban J connectivity index is 2.26. The number of rotatable bonds is 3. The summed E-state index contributed by atoms with van der Waals surface area (Å²) in [5.41, 5.74) is 1.79. The van der Waals surface area contributed by atoms with Crippen molar-refractivity contribution in [1.29, 1.82) is 0 Å². The molecule has 3 heteroatoms. The zero-order valence-corrected chi connectivity index (χ0v) is 13.0. The zero-order chi connectivity index (χ0) is 13.2. The molecule has 1 saturated carbocycles. The number of aromatic nitrogens is 1. The van der Waals surface area contributed by atoms with Gasteiger partial charge in [0, 0.05) is 11.1 Å². The van der Waals surface area contributed by atoms with E-state index in [4.69, 9.17) is 4.98 Å². The highest BCUT2D eigenvalue weighted by Crippen LogP contribution is 2.43. The van der Waals surface area contributed by atoms with E-state index in [1.165, 1.54) is 37.1 Å². The molecule has 0 aliphatic heterocycles. The quantitative estimate of drug-likeness (QED) is 0.827. The summed E-state index contributed by atoms with van der Waals surface area (Å²) in [5.74, 6) is 0. The highest BCUT2D eigenvalue weighted by Gasteiger charge is 2.38. The van der Waals surface area contributed by atoms with Crippen LogP contribution in [-0.4, -0.2) is 11.5 Å². The summed E-state index contributed by atoms with van der Waals surface area (Å²) >= 11 is 1.83. The Kier molecular flexibility index (Phi) is 4.12. The fourth-order valence-corrected chi connectivity index (χ4v) is 4.08. The lowest BCUT2D eigenvalue weighted by atomic mass is 9.83. The van der Waals surface area contributed by atoms with Crippen molar-refractivity contribution in [3.8, 4) is 0 Å². The van der Waals surface area contributed by atoms with Crippen molar-refractivity contribution in [1.82, 2.24) is 10.3 Å². The van der Waals surface area contributed by atoms with E-state index in [1.54, 1.807) is 0 Å². The summed E-state index contributed by atoms with van der Waals surface area (Å²) in [6, 6.07) is 0. The zero-order valence-electron chi connectivity index (χ0n) is 12.2. The van der Waals surface area contributed by atoms with Gasteiger partial charge < -0.3 is 5.32 Å². The van der Waals surface area contributed by atoms with Crippen LogP contribution in [0.25, 0.3) is 0 Å². The topological polar surface area (TPSA) is 24.9 Å². The van der Waals surface area contributed by atoms with Gasteiger partial charge in [0.25, 0.3) is 0 Å². The Hall–Kier alpha value is -0.410. The molecule has 0 saturated heterocycles. The maximum Gasteiger partial charge on any atom is 0.113 e. The summed E-state index contributed by atoms with van der Waals surface area (Å²) in [6.45, 7) is 10.1. The third-order valence-electron chi connectivity index (χ3n) is 4.23. The van der Waals surface area contributed by atoms with Crippen LogP contribution in [0.2, 0.25) is 0 Å². The Bertz CT molecular complexity index is 397. The molecule has 0 bridgehead atoms. The number of nitrogens with one attached hydrogen (secondary N) is 1. The standard InChI is InChI=1S/C15H26N2S/c1-5-16-15(13-17-12(2)11-18-13)8-6-7-14(3,4)9-10-15/h11,16H,5-10H2,1-4H3. The predicted octanol–water partition coefficient (Wildman–Crippen LogP) is 4.25. The van der Waals surface area contributed by atoms with E-state index in [-0.39, 0.29) is 5.54 Å². The number of aryl methyl sites for hydroxylation is 1. The van der Waals surface area contributed by atoms with Crippen LogP contribution in [0.5, 0.6) is 0 Å². The van der Waals surface area contributed by atoms with Crippen LogP contribution in [0, 0.1) is 12.3 Å². The molecule has 1 atom stereocenters. The molecule has 1 N–H and O–H groups in total. The minimum atomic E-state index is 0.140. The largest absolute Gasteiger partial charge is 0.306 e. The summed E-state index contributed by atoms with van der Waals surface area (Å²) < 4.78 is 0. The molecule has 1 aromatic heterocycles. The van der Waals surface area contributed by atoms with E-state index in [9.17, 15) is 0 Å². The lowest BCUT2D eigenvalue weighted by molar-refractivity contribution is 0.267. The van der Waals surface area contributed by atoms with Crippen LogP contribution >= 0.6 is 11.3 Å². The van der Waals surface area contributed by atoms with Gasteiger partial charge in [-0.1, -0.05) is 27.2 Å². The third kappa shape index (κ3) is 2.94. The van der Waals surface area contributed by atoms with Crippen LogP contribution < -0.4 is 5.32 Å². The molecule has 0 aromatic carbocycles. The SMILES string of the molecule is CCNC1(c2nc(C)cs2)CCCC(C)(C)CC1. The van der Waals surface area contributed by atoms with Gasteiger partial charge >= 0.3 is 0 Å². The molecular weight excluding hydrogens is 240 g/mol. The van der Waals surface area contributed by atoms with E-state index in [2.05, 4.69) is 38.4 Å². The minimum absolute atomic E-state index is 0.140. The van der Waals surface area contributed by atoms with Crippen molar-refractivity contribution >= 4 is 11.3 Å². The Morgan fingerprint density at radius 3 is 2.67 bits per heavy atom. The van der Waals surface area contributed by atoms with E-state index < -0.39 is 0 Å². The van der Waals surface area contributed by atoms with Gasteiger partial charge in [-0.05, 0) is 44.6 Å². The maximum absolute atomic E-state index is 4.77. The molecule has 2 nitrogen and oxygen atoms in total. The molecule has 102 valence electrons. The second-order valence-corrected chi connectivity index (χ2v) is 7.28. The molecule has 1 aliphatic carbocycles. The van der Waals surface area contributed by atoms with Crippen molar-refractivity contribution < 1.29 is 0 Å². The first-order valence-electron chi connectivity index (χ1n) is 7.15. The van der Waals surface area contributed by atoms with Crippen LogP contribution in [0.1, 0.15) is 63.6 Å². The molecule has 1 heterocycles. The first-order chi connectivity index (χ1) is 8.47. The number of hydrogen-bond donors (Lipinski definition) is 1. The molecule has 2 rings (SSSR count). The minimum Gasteiger partial charge on any atom is -0.306 e. The number of nitrogens with zero attached hydrogens (tertiary/aromatic N) is 1. The van der Waals surface area contributed by atoms with Crippen molar-refractivity contribution in [2.45, 2.75) is 65.3 Å². The summed E-state index contributed by atoms with van der Waals surface area (Å²) in [5, 5.41) is 7.24. The molecule has 1 fully saturated rings. The highest BCUT2D eigenvalue weighted by molar-refractivity contribution is 7.09. The van der Waals surface area contributed by atoms with Gasteiger partial charge in [-0.25, -0.2) is 4.98 Å². The summed E-state index contributed by atoms with van der Waals surface area (Å²) in [4.78, 5) is 4.77. The molecule has 1 aliphatic rings. The van der Waals surface area contributed by atoms with Gasteiger partial charge in [0.2, 0.25) is 0 Å². The normalized spacial score (nSPS) is 28.0. The molecule has 0 radical (unpaired) electrons. The second kappa shape index (κ2) is 5.30. The number of hydrogen-bond acceptors (Lipinski definition) is 3. The van der Waals surface area contributed by atoms with Crippen molar-refractivity contribution in [2.75, 3.05) is 6.54 Å². The highest BCUT2D eigenvalue weighted by atomic mass is 32.1. The third-order valence-corrected chi connectivity index (χ3v) is 5.39. The van der Waals surface area contributed by atoms with E-state index in [1.807, 2.05) is 11.3 Å². The fraction of sp³-hybridized carbons (Fsp3) is 0.800. The summed E-state index contributed by atoms with van der Waals surface area (Å²) in [7, 11) is 0. The number of thiazole rings is 1. The maximum atomic E-state index is 4.77. The van der Waals surface area contributed by atoms with Crippen molar-refractivity contribution in [3.05, 3.63) is 16.1 Å². The van der Waals surface area contributed by atoms with E-state index in [0.717, 1.165) is 12.2 Å². The predicted molar refractivity (Wildman–Crippen MR) is 79.1 cm³/mol. The van der Waals surface area contributed by atoms with Gasteiger partial charge in [-0.3, -0.25) is 0 Å². The first kappa shape index (κ1) is 14.0. The van der Waals surface area contributed by atoms with Crippen molar-refractivity contribution in [2.24, 2.45) is 5.41 Å². The molecule has 0 spiro atoms. The Labute approximate surface area is 115 Å². The van der Waals surface area contributed by atoms with Crippen molar-refractivity contribution in [3.63, 3.8) is 0 Å². The van der Waals surface area contributed by atoms with Crippen LogP contribution in [0.15, 0.2) is 5.38 Å². The van der Waals surface area contributed by atoms with E-state index in [0.29, 0.717) is 5.41 Å². The van der Waals surface area contributed by atoms with Crippen LogP contribution in [0.3, 0.4) is 0 Å². The molecule has 18 heavy (non-hydrogen) atoms. The van der Waals surface area contributed by atoms with Crippen LogP contribution in [0.4, 0.5) is 0 Å². The van der Waals surface area contributed by atoms with Gasteiger partial charge in [0.05, 0.1) is 5.54 Å². The Morgan fingerprint density at radius 2 is 2.06 bits per heavy atom. The fourth-order valence-electron chi connectivity index (χ4n) is 3.05. The first-order valence-corrected chi connectivity index (χ1v) is 8.03. The lowest BCUT2D eigenvalue weighted by Gasteiger charge is -2.32. The second-order valence-electron chi connectivity index (χ2n) is 6.42. The molecule has 0 amide bonds. The molecular formula is C15H26N2S. The van der Waals surface area contributed by atoms with Gasteiger partial charge in [0.15, 0.2) is 0 Å².